The summed E-state index contributed by atoms with van der Waals surface area (Å²) in [6, 6.07) is 73.5. The van der Waals surface area contributed by atoms with E-state index < -0.39 is 0 Å². The minimum absolute atomic E-state index is 0.0942. The van der Waals surface area contributed by atoms with E-state index >= 15 is 0 Å². The van der Waals surface area contributed by atoms with Crippen LogP contribution in [0.3, 0.4) is 0 Å². The van der Waals surface area contributed by atoms with Gasteiger partial charge in [-0.25, -0.2) is 0 Å². The molecule has 0 aliphatic carbocycles. The molecule has 12 aromatic rings. The van der Waals surface area contributed by atoms with Crippen molar-refractivity contribution in [3.63, 3.8) is 0 Å². The first-order chi connectivity index (χ1) is 31.9. The summed E-state index contributed by atoms with van der Waals surface area (Å²) >= 11 is 0. The van der Waals surface area contributed by atoms with E-state index in [9.17, 15) is 10.5 Å². The SMILES string of the molecule is CC(C)(C)c1ccc(-c2c(C#N)c(-n3c4ccccc4c4ccccc43)c(-c3ccc4c(c3)c3ccccc3n4-c3ccccc3)c(-n3c4ccccc4c4ccccc43)c2C#N)cc1. The lowest BCUT2D eigenvalue weighted by Crippen LogP contribution is -2.12. The van der Waals surface area contributed by atoms with Crippen LogP contribution in [-0.2, 0) is 5.41 Å². The zero-order valence-corrected chi connectivity index (χ0v) is 36.2. The van der Waals surface area contributed by atoms with Crippen LogP contribution < -0.4 is 0 Å². The Balaban J connectivity index is 1.34. The number of nitrogens with zero attached hydrogens (tertiary/aromatic N) is 5. The quantitative estimate of drug-likeness (QED) is 0.173. The molecule has 0 N–H and O–H groups in total. The fourth-order valence-corrected chi connectivity index (χ4v) is 10.4. The highest BCUT2D eigenvalue weighted by Crippen LogP contribution is 2.50. The molecule has 3 heterocycles. The van der Waals surface area contributed by atoms with E-state index in [0.29, 0.717) is 16.7 Å². The standard InChI is InChI=1S/C60H41N5/c1-60(2,3)40-32-29-38(30-33-40)56-48(36-61)58(64-51-25-13-7-19-42(51)43-20-8-14-26-52(43)64)57(59(49(56)37-62)65-53-27-15-9-21-44(53)45-22-10-16-28-54(45)65)39-31-34-55-47(35-39)46-23-11-12-24-50(46)63(55)41-17-5-4-6-18-41/h4-35H,1-3H3. The monoisotopic (exact) mass is 831 g/mol. The Morgan fingerprint density at radius 1 is 0.354 bits per heavy atom. The lowest BCUT2D eigenvalue weighted by Gasteiger charge is -2.26. The number of fused-ring (bicyclic) bond motifs is 9. The Morgan fingerprint density at radius 3 is 1.15 bits per heavy atom. The number of hydrogen-bond acceptors (Lipinski definition) is 2. The van der Waals surface area contributed by atoms with Crippen molar-refractivity contribution in [2.45, 2.75) is 26.2 Å². The minimum Gasteiger partial charge on any atom is -0.309 e. The van der Waals surface area contributed by atoms with Crippen molar-refractivity contribution in [2.75, 3.05) is 0 Å². The van der Waals surface area contributed by atoms with Gasteiger partial charge in [-0.1, -0.05) is 160 Å². The van der Waals surface area contributed by atoms with E-state index in [1.807, 2.05) is 6.07 Å². The molecule has 0 unspecified atom stereocenters. The van der Waals surface area contributed by atoms with Crippen LogP contribution in [0.15, 0.2) is 194 Å². The maximum Gasteiger partial charge on any atom is 0.102 e. The van der Waals surface area contributed by atoms with Crippen LogP contribution in [0.5, 0.6) is 0 Å². The third-order valence-electron chi connectivity index (χ3n) is 13.3. The average molecular weight is 832 g/mol. The van der Waals surface area contributed by atoms with Crippen molar-refractivity contribution in [3.8, 4) is 51.5 Å². The fraction of sp³-hybridized carbons (Fsp3) is 0.0667. The number of para-hydroxylation sites is 6. The highest BCUT2D eigenvalue weighted by Gasteiger charge is 2.32. The third kappa shape index (κ3) is 5.63. The summed E-state index contributed by atoms with van der Waals surface area (Å²) in [5, 5.41) is 30.3. The largest absolute Gasteiger partial charge is 0.309 e. The molecule has 0 spiro atoms. The highest BCUT2D eigenvalue weighted by atomic mass is 15.0. The topological polar surface area (TPSA) is 62.4 Å². The molecule has 0 saturated heterocycles. The first-order valence-corrected chi connectivity index (χ1v) is 22.1. The van der Waals surface area contributed by atoms with Gasteiger partial charge in [0, 0.05) is 49.1 Å². The van der Waals surface area contributed by atoms with E-state index in [1.165, 1.54) is 5.56 Å². The molecule has 5 heteroatoms. The van der Waals surface area contributed by atoms with E-state index in [-0.39, 0.29) is 5.41 Å². The van der Waals surface area contributed by atoms with Gasteiger partial charge in [0.25, 0.3) is 0 Å². The third-order valence-corrected chi connectivity index (χ3v) is 13.3. The Bertz CT molecular complexity index is 3730. The number of nitriles is 2. The molecule has 0 saturated carbocycles. The van der Waals surface area contributed by atoms with Gasteiger partial charge in [0.2, 0.25) is 0 Å². The molecular weight excluding hydrogens is 791 g/mol. The van der Waals surface area contributed by atoms with Crippen LogP contribution in [0, 0.1) is 22.7 Å². The van der Waals surface area contributed by atoms with Crippen molar-refractivity contribution >= 4 is 65.4 Å². The molecule has 9 aromatic carbocycles. The number of aromatic nitrogens is 3. The first-order valence-electron chi connectivity index (χ1n) is 22.1. The van der Waals surface area contributed by atoms with Crippen LogP contribution in [0.2, 0.25) is 0 Å². The van der Waals surface area contributed by atoms with Crippen molar-refractivity contribution in [3.05, 3.63) is 211 Å². The predicted molar refractivity (Wildman–Crippen MR) is 268 cm³/mol. The maximum atomic E-state index is 11.9. The molecule has 0 aliphatic heterocycles. The van der Waals surface area contributed by atoms with Gasteiger partial charge in [-0.2, -0.15) is 10.5 Å². The van der Waals surface area contributed by atoms with Crippen molar-refractivity contribution in [1.82, 2.24) is 13.7 Å². The molecule has 5 nitrogen and oxygen atoms in total. The molecule has 0 radical (unpaired) electrons. The Labute approximate surface area is 376 Å². The summed E-state index contributed by atoms with van der Waals surface area (Å²) < 4.78 is 6.88. The molecule has 65 heavy (non-hydrogen) atoms. The van der Waals surface area contributed by atoms with Crippen LogP contribution in [0.25, 0.3) is 105 Å². The van der Waals surface area contributed by atoms with Gasteiger partial charge < -0.3 is 13.7 Å². The molecule has 0 amide bonds. The van der Waals surface area contributed by atoms with Crippen molar-refractivity contribution in [2.24, 2.45) is 0 Å². The van der Waals surface area contributed by atoms with Crippen LogP contribution in [-0.4, -0.2) is 13.7 Å². The lowest BCUT2D eigenvalue weighted by atomic mass is 9.83. The molecule has 0 fully saturated rings. The van der Waals surface area contributed by atoms with Gasteiger partial charge in [0.15, 0.2) is 0 Å². The Kier molecular flexibility index (Phi) is 8.47. The second-order valence-electron chi connectivity index (χ2n) is 17.9. The van der Waals surface area contributed by atoms with E-state index in [2.05, 4.69) is 235 Å². The van der Waals surface area contributed by atoms with E-state index in [0.717, 1.165) is 99.2 Å². The molecular formula is C60H41N5. The number of benzene rings is 9. The van der Waals surface area contributed by atoms with E-state index in [4.69, 9.17) is 0 Å². The molecule has 0 bridgehead atoms. The highest BCUT2D eigenvalue weighted by molar-refractivity contribution is 6.15. The van der Waals surface area contributed by atoms with Crippen molar-refractivity contribution in [1.29, 1.82) is 10.5 Å². The zero-order valence-electron chi connectivity index (χ0n) is 36.2. The fourth-order valence-electron chi connectivity index (χ4n) is 10.4. The molecule has 12 rings (SSSR count). The average Bonchev–Trinajstić information content (AvgIpc) is 3.98. The first kappa shape index (κ1) is 38.1. The summed E-state index contributed by atoms with van der Waals surface area (Å²) in [7, 11) is 0. The van der Waals surface area contributed by atoms with Gasteiger partial charge in [-0.15, -0.1) is 0 Å². The van der Waals surface area contributed by atoms with Gasteiger partial charge in [-0.05, 0) is 76.7 Å². The summed E-state index contributed by atoms with van der Waals surface area (Å²) in [4.78, 5) is 0. The summed E-state index contributed by atoms with van der Waals surface area (Å²) in [6.07, 6.45) is 0. The molecule has 3 aromatic heterocycles. The minimum atomic E-state index is -0.0942. The second kappa shape index (κ2) is 14.5. The van der Waals surface area contributed by atoms with Crippen molar-refractivity contribution < 1.29 is 0 Å². The Hall–Kier alpha value is -8.64. The van der Waals surface area contributed by atoms with Gasteiger partial charge >= 0.3 is 0 Å². The van der Waals surface area contributed by atoms with Crippen LogP contribution >= 0.6 is 0 Å². The van der Waals surface area contributed by atoms with Gasteiger partial charge in [0.1, 0.15) is 12.1 Å². The second-order valence-corrected chi connectivity index (χ2v) is 17.9. The van der Waals surface area contributed by atoms with Crippen LogP contribution in [0.1, 0.15) is 37.5 Å². The van der Waals surface area contributed by atoms with Gasteiger partial charge in [0.05, 0.1) is 55.6 Å². The maximum absolute atomic E-state index is 11.9. The lowest BCUT2D eigenvalue weighted by molar-refractivity contribution is 0.590. The van der Waals surface area contributed by atoms with Crippen LogP contribution in [0.4, 0.5) is 0 Å². The summed E-state index contributed by atoms with van der Waals surface area (Å²) in [6.45, 7) is 6.60. The molecule has 306 valence electrons. The zero-order chi connectivity index (χ0) is 44.0. The Morgan fingerprint density at radius 2 is 0.723 bits per heavy atom. The van der Waals surface area contributed by atoms with E-state index in [1.54, 1.807) is 0 Å². The number of rotatable bonds is 5. The molecule has 0 atom stereocenters. The normalized spacial score (nSPS) is 11.9. The summed E-state index contributed by atoms with van der Waals surface area (Å²) in [5.74, 6) is 0. The van der Waals surface area contributed by atoms with Gasteiger partial charge in [-0.3, -0.25) is 0 Å². The smallest absolute Gasteiger partial charge is 0.102 e. The predicted octanol–water partition coefficient (Wildman–Crippen LogP) is 15.4. The number of hydrogen-bond donors (Lipinski definition) is 0. The molecule has 0 aliphatic rings. The summed E-state index contributed by atoms with van der Waals surface area (Å²) in [5.41, 5.74) is 13.6.